The number of pyridine rings is 2. The van der Waals surface area contributed by atoms with E-state index in [1.165, 1.54) is 11.3 Å². The van der Waals surface area contributed by atoms with E-state index in [9.17, 15) is 0 Å². The zero-order valence-electron chi connectivity index (χ0n) is 15.4. The molecule has 144 valence electrons. The number of aliphatic imine (C=N–C) groups is 1. The van der Waals surface area contributed by atoms with Gasteiger partial charge >= 0.3 is 0 Å². The van der Waals surface area contributed by atoms with Gasteiger partial charge in [0.1, 0.15) is 12.3 Å². The molecule has 3 aromatic heterocycles. The number of hydrogen-bond donors (Lipinski definition) is 2. The number of methoxy groups -OCH3 is 1. The Balaban J connectivity index is 1.41. The zero-order valence-corrected chi connectivity index (χ0v) is 16.2. The van der Waals surface area contributed by atoms with Crippen molar-refractivity contribution >= 4 is 22.4 Å². The van der Waals surface area contributed by atoms with Crippen LogP contribution in [0.5, 0.6) is 11.8 Å². The highest BCUT2D eigenvalue weighted by atomic mass is 32.1. The van der Waals surface area contributed by atoms with Crippen molar-refractivity contribution in [2.24, 2.45) is 4.99 Å². The second-order valence-corrected chi connectivity index (χ2v) is 6.89. The highest BCUT2D eigenvalue weighted by Gasteiger charge is 2.10. The van der Waals surface area contributed by atoms with Gasteiger partial charge in [-0.1, -0.05) is 6.07 Å². The lowest BCUT2D eigenvalue weighted by atomic mass is 10.3. The van der Waals surface area contributed by atoms with Crippen molar-refractivity contribution in [3.8, 4) is 23.1 Å². The summed E-state index contributed by atoms with van der Waals surface area (Å²) in [6.45, 7) is 2.13. The lowest BCUT2D eigenvalue weighted by molar-refractivity contribution is 0.293. The highest BCUT2D eigenvalue weighted by molar-refractivity contribution is 7.14. The molecular formula is C19H20N6O2S. The molecule has 0 spiro atoms. The van der Waals surface area contributed by atoms with E-state index in [1.807, 2.05) is 29.6 Å². The van der Waals surface area contributed by atoms with Crippen LogP contribution in [0.3, 0.4) is 0 Å². The normalized spacial score (nSPS) is 13.4. The minimum Gasteiger partial charge on any atom is -0.481 e. The van der Waals surface area contributed by atoms with Crippen molar-refractivity contribution in [3.63, 3.8) is 0 Å². The van der Waals surface area contributed by atoms with Gasteiger partial charge in [-0.05, 0) is 18.6 Å². The molecule has 0 aromatic carbocycles. The maximum absolute atomic E-state index is 5.79. The van der Waals surface area contributed by atoms with E-state index in [0.717, 1.165) is 47.6 Å². The molecule has 0 radical (unpaired) electrons. The van der Waals surface area contributed by atoms with Gasteiger partial charge in [-0.2, -0.15) is 0 Å². The number of aromatic nitrogens is 3. The predicted octanol–water partition coefficient (Wildman–Crippen LogP) is 2.95. The molecule has 4 rings (SSSR count). The summed E-state index contributed by atoms with van der Waals surface area (Å²) < 4.78 is 10.9. The van der Waals surface area contributed by atoms with Crippen molar-refractivity contribution in [2.75, 3.05) is 25.5 Å². The number of ether oxygens (including phenoxy) is 2. The van der Waals surface area contributed by atoms with Crippen LogP contribution in [-0.2, 0) is 6.61 Å². The first kappa shape index (κ1) is 18.2. The van der Waals surface area contributed by atoms with Gasteiger partial charge in [0, 0.05) is 42.4 Å². The fourth-order valence-corrected chi connectivity index (χ4v) is 3.28. The SMILES string of the molecule is COc1ccc(COc2cccc(-c3csc(NC4=NCCCN4)n3)n2)cn1. The van der Waals surface area contributed by atoms with E-state index < -0.39 is 0 Å². The van der Waals surface area contributed by atoms with Crippen molar-refractivity contribution in [3.05, 3.63) is 47.5 Å². The van der Waals surface area contributed by atoms with Crippen LogP contribution < -0.4 is 20.1 Å². The van der Waals surface area contributed by atoms with E-state index in [-0.39, 0.29) is 0 Å². The van der Waals surface area contributed by atoms with Gasteiger partial charge in [0.25, 0.3) is 0 Å². The lowest BCUT2D eigenvalue weighted by Crippen LogP contribution is -2.35. The first-order valence-electron chi connectivity index (χ1n) is 8.90. The third-order valence-corrected chi connectivity index (χ3v) is 4.76. The van der Waals surface area contributed by atoms with Gasteiger partial charge < -0.3 is 20.1 Å². The van der Waals surface area contributed by atoms with Crippen molar-refractivity contribution in [1.82, 2.24) is 20.3 Å². The van der Waals surface area contributed by atoms with Crippen LogP contribution in [0.4, 0.5) is 5.13 Å². The van der Waals surface area contributed by atoms with Crippen LogP contribution >= 0.6 is 11.3 Å². The number of thiazole rings is 1. The fourth-order valence-electron chi connectivity index (χ4n) is 2.58. The van der Waals surface area contributed by atoms with Crippen LogP contribution in [0.1, 0.15) is 12.0 Å². The Hall–Kier alpha value is -3.20. The van der Waals surface area contributed by atoms with Crippen LogP contribution in [0, 0.1) is 0 Å². The van der Waals surface area contributed by atoms with Gasteiger partial charge in [-0.3, -0.25) is 4.99 Å². The summed E-state index contributed by atoms with van der Waals surface area (Å²) in [5.74, 6) is 1.88. The summed E-state index contributed by atoms with van der Waals surface area (Å²) in [6.07, 6.45) is 2.78. The van der Waals surface area contributed by atoms with Crippen LogP contribution in [0.25, 0.3) is 11.4 Å². The summed E-state index contributed by atoms with van der Waals surface area (Å²) in [4.78, 5) is 17.7. The number of anilines is 1. The van der Waals surface area contributed by atoms with Crippen molar-refractivity contribution < 1.29 is 9.47 Å². The maximum Gasteiger partial charge on any atom is 0.214 e. The second kappa shape index (κ2) is 8.66. The van der Waals surface area contributed by atoms with Gasteiger partial charge in [0.2, 0.25) is 11.8 Å². The Morgan fingerprint density at radius 1 is 1.14 bits per heavy atom. The van der Waals surface area contributed by atoms with Gasteiger partial charge in [0.05, 0.1) is 12.8 Å². The average Bonchev–Trinajstić information content (AvgIpc) is 3.22. The molecule has 1 aliphatic rings. The molecule has 0 fully saturated rings. The van der Waals surface area contributed by atoms with Gasteiger partial charge in [0.15, 0.2) is 11.1 Å². The number of guanidine groups is 1. The molecule has 1 aliphatic heterocycles. The molecule has 8 nitrogen and oxygen atoms in total. The fraction of sp³-hybridized carbons (Fsp3) is 0.263. The second-order valence-electron chi connectivity index (χ2n) is 6.03. The molecule has 3 aromatic rings. The van der Waals surface area contributed by atoms with E-state index in [1.54, 1.807) is 19.4 Å². The summed E-state index contributed by atoms with van der Waals surface area (Å²) in [6, 6.07) is 9.36. The first-order chi connectivity index (χ1) is 13.8. The average molecular weight is 396 g/mol. The Morgan fingerprint density at radius 2 is 2.11 bits per heavy atom. The third kappa shape index (κ3) is 4.55. The topological polar surface area (TPSA) is 93.6 Å². The van der Waals surface area contributed by atoms with E-state index in [0.29, 0.717) is 18.4 Å². The first-order valence-corrected chi connectivity index (χ1v) is 9.78. The Morgan fingerprint density at radius 3 is 2.89 bits per heavy atom. The molecule has 28 heavy (non-hydrogen) atoms. The number of nitrogens with zero attached hydrogens (tertiary/aromatic N) is 4. The number of nitrogens with one attached hydrogen (secondary N) is 2. The monoisotopic (exact) mass is 396 g/mol. The summed E-state index contributed by atoms with van der Waals surface area (Å²) >= 11 is 1.51. The molecule has 4 heterocycles. The standard InChI is InChI=1S/C19H20N6O2S/c1-26-16-7-6-13(10-22-16)11-27-17-5-2-4-14(23-17)15-12-28-19(24-15)25-18-20-8-3-9-21-18/h2,4-7,10,12H,3,8-9,11H2,1H3,(H2,20,21,24,25). The zero-order chi connectivity index (χ0) is 19.2. The van der Waals surface area contributed by atoms with Gasteiger partial charge in [-0.15, -0.1) is 11.3 Å². The predicted molar refractivity (Wildman–Crippen MR) is 109 cm³/mol. The van der Waals surface area contributed by atoms with E-state index >= 15 is 0 Å². The minimum atomic E-state index is 0.378. The smallest absolute Gasteiger partial charge is 0.214 e. The van der Waals surface area contributed by atoms with Crippen molar-refractivity contribution in [2.45, 2.75) is 13.0 Å². The molecule has 2 N–H and O–H groups in total. The Labute approximate surface area is 166 Å². The molecule has 0 saturated carbocycles. The Bertz CT molecular complexity index is 957. The molecule has 0 amide bonds. The number of hydrogen-bond acceptors (Lipinski definition) is 9. The maximum atomic E-state index is 5.79. The molecule has 0 unspecified atom stereocenters. The quantitative estimate of drug-likeness (QED) is 0.662. The van der Waals surface area contributed by atoms with Crippen molar-refractivity contribution in [1.29, 1.82) is 0 Å². The minimum absolute atomic E-state index is 0.378. The van der Waals surface area contributed by atoms with Crippen LogP contribution in [-0.4, -0.2) is 41.1 Å². The summed E-state index contributed by atoms with van der Waals surface area (Å²) in [5.41, 5.74) is 2.49. The molecule has 0 saturated heterocycles. The van der Waals surface area contributed by atoms with Crippen LogP contribution in [0.2, 0.25) is 0 Å². The third-order valence-electron chi connectivity index (χ3n) is 4.01. The Kier molecular flexibility index (Phi) is 5.62. The molecule has 0 bridgehead atoms. The molecule has 9 heteroatoms. The van der Waals surface area contributed by atoms with Gasteiger partial charge in [-0.25, -0.2) is 15.0 Å². The highest BCUT2D eigenvalue weighted by Crippen LogP contribution is 2.25. The summed E-state index contributed by atoms with van der Waals surface area (Å²) in [5, 5.41) is 9.18. The lowest BCUT2D eigenvalue weighted by Gasteiger charge is -2.14. The van der Waals surface area contributed by atoms with E-state index in [4.69, 9.17) is 9.47 Å². The molecule has 0 aliphatic carbocycles. The molecular weight excluding hydrogens is 376 g/mol. The summed E-state index contributed by atoms with van der Waals surface area (Å²) in [7, 11) is 1.59. The number of rotatable bonds is 6. The molecule has 0 atom stereocenters. The van der Waals surface area contributed by atoms with Crippen LogP contribution in [0.15, 0.2) is 46.9 Å². The largest absolute Gasteiger partial charge is 0.481 e. The van der Waals surface area contributed by atoms with E-state index in [2.05, 4.69) is 30.6 Å².